The van der Waals surface area contributed by atoms with Crippen LogP contribution in [0.5, 0.6) is 0 Å². The molecule has 0 amide bonds. The van der Waals surface area contributed by atoms with Gasteiger partial charge >= 0.3 is 0 Å². The highest BCUT2D eigenvalue weighted by Gasteiger charge is 2.43. The minimum atomic E-state index is -0.782. The maximum absolute atomic E-state index is 11.5. The highest BCUT2D eigenvalue weighted by atomic mass is 79.9. The van der Waals surface area contributed by atoms with Gasteiger partial charge in [0, 0.05) is 11.8 Å². The minimum Gasteiger partial charge on any atom is -0.453 e. The van der Waals surface area contributed by atoms with Gasteiger partial charge in [-0.1, -0.05) is 15.9 Å². The van der Waals surface area contributed by atoms with Gasteiger partial charge in [0.2, 0.25) is 0 Å². The first-order chi connectivity index (χ1) is 6.25. The predicted octanol–water partition coefficient (Wildman–Crippen LogP) is 1.83. The molecule has 0 radical (unpaired) electrons. The topological polar surface area (TPSA) is 43.4 Å². The van der Waals surface area contributed by atoms with Gasteiger partial charge in [-0.3, -0.25) is 9.59 Å². The molecule has 1 aliphatic rings. The second-order valence-electron chi connectivity index (χ2n) is 3.28. The molecule has 1 fully saturated rings. The van der Waals surface area contributed by atoms with E-state index < -0.39 is 5.60 Å². The lowest BCUT2D eigenvalue weighted by Crippen LogP contribution is -2.36. The summed E-state index contributed by atoms with van der Waals surface area (Å²) in [6, 6.07) is 0. The number of carbonyl (C=O) groups is 2. The highest BCUT2D eigenvalue weighted by molar-refractivity contribution is 9.09. The molecule has 0 aromatic heterocycles. The standard InChI is InChI=1S/C9H13BrO3/c10-6-2-5-9(13-7-11)4-1-3-8(9)12/h7H,1-6H2/t9-/m0/s1. The number of rotatable bonds is 5. The first-order valence-corrected chi connectivity index (χ1v) is 5.58. The van der Waals surface area contributed by atoms with Crippen molar-refractivity contribution < 1.29 is 14.3 Å². The Morgan fingerprint density at radius 2 is 2.38 bits per heavy atom. The number of ketones is 1. The molecule has 1 atom stereocenters. The van der Waals surface area contributed by atoms with Crippen LogP contribution < -0.4 is 0 Å². The van der Waals surface area contributed by atoms with E-state index in [9.17, 15) is 9.59 Å². The number of ether oxygens (including phenoxy) is 1. The van der Waals surface area contributed by atoms with Gasteiger partial charge in [-0.15, -0.1) is 0 Å². The summed E-state index contributed by atoms with van der Waals surface area (Å²) < 4.78 is 4.95. The Bertz CT molecular complexity index is 205. The van der Waals surface area contributed by atoms with E-state index in [1.165, 1.54) is 0 Å². The van der Waals surface area contributed by atoms with Crippen LogP contribution in [0.3, 0.4) is 0 Å². The van der Waals surface area contributed by atoms with Crippen molar-refractivity contribution in [1.29, 1.82) is 0 Å². The number of carbonyl (C=O) groups excluding carboxylic acids is 2. The molecule has 0 bridgehead atoms. The molecule has 4 heteroatoms. The third-order valence-electron chi connectivity index (χ3n) is 2.48. The number of hydrogen-bond acceptors (Lipinski definition) is 3. The van der Waals surface area contributed by atoms with Crippen molar-refractivity contribution in [2.75, 3.05) is 5.33 Å². The van der Waals surface area contributed by atoms with Gasteiger partial charge in [0.15, 0.2) is 11.4 Å². The normalized spacial score (nSPS) is 27.6. The lowest BCUT2D eigenvalue weighted by atomic mass is 9.95. The van der Waals surface area contributed by atoms with Crippen molar-refractivity contribution >= 4 is 28.2 Å². The van der Waals surface area contributed by atoms with Crippen LogP contribution in [0.2, 0.25) is 0 Å². The monoisotopic (exact) mass is 248 g/mol. The summed E-state index contributed by atoms with van der Waals surface area (Å²) in [6.45, 7) is 0.400. The summed E-state index contributed by atoms with van der Waals surface area (Å²) in [5, 5.41) is 0.838. The molecule has 1 saturated carbocycles. The zero-order valence-corrected chi connectivity index (χ0v) is 9.01. The average molecular weight is 249 g/mol. The van der Waals surface area contributed by atoms with Crippen molar-refractivity contribution in [3.63, 3.8) is 0 Å². The van der Waals surface area contributed by atoms with Crippen LogP contribution in [-0.4, -0.2) is 23.2 Å². The first kappa shape index (κ1) is 10.7. The quantitative estimate of drug-likeness (QED) is 0.551. The summed E-state index contributed by atoms with van der Waals surface area (Å²) in [7, 11) is 0. The Morgan fingerprint density at radius 1 is 1.62 bits per heavy atom. The molecule has 0 N–H and O–H groups in total. The molecule has 0 aliphatic heterocycles. The lowest BCUT2D eigenvalue weighted by molar-refractivity contribution is -0.154. The molecule has 3 nitrogen and oxygen atoms in total. The zero-order chi connectivity index (χ0) is 9.73. The van der Waals surface area contributed by atoms with Crippen molar-refractivity contribution in [2.45, 2.75) is 37.7 Å². The number of Topliss-reactive ketones (excluding diaryl/α,β-unsaturated/α-hetero) is 1. The summed E-state index contributed by atoms with van der Waals surface area (Å²) in [6.07, 6.45) is 3.60. The van der Waals surface area contributed by atoms with Crippen molar-refractivity contribution in [3.05, 3.63) is 0 Å². The zero-order valence-electron chi connectivity index (χ0n) is 7.42. The molecule has 1 aliphatic carbocycles. The fraction of sp³-hybridized carbons (Fsp3) is 0.778. The van der Waals surface area contributed by atoms with Crippen LogP contribution in [0.1, 0.15) is 32.1 Å². The Kier molecular flexibility index (Phi) is 3.90. The molecule has 0 spiro atoms. The Morgan fingerprint density at radius 3 is 2.85 bits per heavy atom. The number of hydrogen-bond donors (Lipinski definition) is 0. The maximum atomic E-state index is 11.5. The Labute approximate surface area is 86.0 Å². The third kappa shape index (κ3) is 2.30. The van der Waals surface area contributed by atoms with Crippen molar-refractivity contribution in [1.82, 2.24) is 0 Å². The molecule has 0 heterocycles. The van der Waals surface area contributed by atoms with E-state index in [1.54, 1.807) is 0 Å². The van der Waals surface area contributed by atoms with Crippen LogP contribution in [0.25, 0.3) is 0 Å². The fourth-order valence-corrected chi connectivity index (χ4v) is 2.07. The fourth-order valence-electron chi connectivity index (χ4n) is 1.79. The maximum Gasteiger partial charge on any atom is 0.294 e. The van der Waals surface area contributed by atoms with Gasteiger partial charge in [0.05, 0.1) is 0 Å². The third-order valence-corrected chi connectivity index (χ3v) is 3.04. The van der Waals surface area contributed by atoms with E-state index in [4.69, 9.17) is 4.74 Å². The molecule has 0 aromatic carbocycles. The highest BCUT2D eigenvalue weighted by Crippen LogP contribution is 2.33. The molecule has 1 rings (SSSR count). The molecule has 74 valence electrons. The smallest absolute Gasteiger partial charge is 0.294 e. The second kappa shape index (κ2) is 4.74. The van der Waals surface area contributed by atoms with E-state index >= 15 is 0 Å². The van der Waals surface area contributed by atoms with Gasteiger partial charge in [0.1, 0.15) is 0 Å². The van der Waals surface area contributed by atoms with E-state index in [2.05, 4.69) is 15.9 Å². The molecule has 0 aromatic rings. The largest absolute Gasteiger partial charge is 0.453 e. The van der Waals surface area contributed by atoms with E-state index in [0.717, 1.165) is 18.2 Å². The van der Waals surface area contributed by atoms with Crippen LogP contribution in [-0.2, 0) is 14.3 Å². The van der Waals surface area contributed by atoms with Crippen LogP contribution in [0.15, 0.2) is 0 Å². The van der Waals surface area contributed by atoms with Crippen LogP contribution in [0.4, 0.5) is 0 Å². The van der Waals surface area contributed by atoms with Crippen LogP contribution >= 0.6 is 15.9 Å². The Hall–Kier alpha value is -0.380. The van der Waals surface area contributed by atoms with E-state index in [1.807, 2.05) is 0 Å². The van der Waals surface area contributed by atoms with Gasteiger partial charge in [-0.25, -0.2) is 0 Å². The SMILES string of the molecule is O=CO[C@]1(CCCBr)CCCC1=O. The summed E-state index contributed by atoms with van der Waals surface area (Å²) >= 11 is 3.30. The molecular formula is C9H13BrO3. The lowest BCUT2D eigenvalue weighted by Gasteiger charge is -2.24. The summed E-state index contributed by atoms with van der Waals surface area (Å²) in [4.78, 5) is 21.8. The molecule has 0 unspecified atom stereocenters. The minimum absolute atomic E-state index is 0.0838. The summed E-state index contributed by atoms with van der Waals surface area (Å²) in [5.41, 5.74) is -0.782. The number of alkyl halides is 1. The summed E-state index contributed by atoms with van der Waals surface area (Å²) in [5.74, 6) is 0.0838. The number of halogens is 1. The van der Waals surface area contributed by atoms with Crippen molar-refractivity contribution in [2.24, 2.45) is 0 Å². The van der Waals surface area contributed by atoms with E-state index in [-0.39, 0.29) is 5.78 Å². The van der Waals surface area contributed by atoms with Crippen LogP contribution in [0, 0.1) is 0 Å². The van der Waals surface area contributed by atoms with Gasteiger partial charge < -0.3 is 4.74 Å². The van der Waals surface area contributed by atoms with Gasteiger partial charge in [0.25, 0.3) is 6.47 Å². The predicted molar refractivity (Wildman–Crippen MR) is 51.8 cm³/mol. The molecule has 0 saturated heterocycles. The first-order valence-electron chi connectivity index (χ1n) is 4.46. The molecule has 13 heavy (non-hydrogen) atoms. The van der Waals surface area contributed by atoms with Crippen molar-refractivity contribution in [3.8, 4) is 0 Å². The van der Waals surface area contributed by atoms with E-state index in [0.29, 0.717) is 25.7 Å². The molecular weight excluding hydrogens is 236 g/mol. The second-order valence-corrected chi connectivity index (χ2v) is 4.07. The van der Waals surface area contributed by atoms with Gasteiger partial charge in [-0.2, -0.15) is 0 Å². The Balaban J connectivity index is 2.62. The van der Waals surface area contributed by atoms with Gasteiger partial charge in [-0.05, 0) is 25.7 Å². The average Bonchev–Trinajstić information content (AvgIpc) is 2.46.